The van der Waals surface area contributed by atoms with E-state index in [0.717, 1.165) is 19.0 Å². The van der Waals surface area contributed by atoms with Gasteiger partial charge in [-0.25, -0.2) is 0 Å². The lowest BCUT2D eigenvalue weighted by molar-refractivity contribution is -0.137. The molecule has 7 heteroatoms. The molecule has 2 N–H and O–H groups in total. The van der Waals surface area contributed by atoms with E-state index in [0.29, 0.717) is 31.5 Å². The molecular formula is C15H20F3N3O. The van der Waals surface area contributed by atoms with Crippen molar-refractivity contribution in [3.05, 3.63) is 23.8 Å². The fraction of sp³-hybridized carbons (Fsp3) is 0.533. The number of anilines is 2. The minimum Gasteiger partial charge on any atom is -0.386 e. The van der Waals surface area contributed by atoms with E-state index in [9.17, 15) is 18.0 Å². The van der Waals surface area contributed by atoms with Crippen molar-refractivity contribution in [2.45, 2.75) is 31.5 Å². The van der Waals surface area contributed by atoms with Crippen LogP contribution in [-0.2, 0) is 11.0 Å². The molecule has 1 aliphatic rings. The molecule has 2 rings (SSSR count). The minimum atomic E-state index is -4.51. The van der Waals surface area contributed by atoms with Crippen LogP contribution >= 0.6 is 0 Å². The number of para-hydroxylation sites is 1. The first kappa shape index (κ1) is 16.6. The van der Waals surface area contributed by atoms with E-state index in [1.54, 1.807) is 13.1 Å². The Morgan fingerprint density at radius 3 is 2.73 bits per heavy atom. The van der Waals surface area contributed by atoms with E-state index in [4.69, 9.17) is 0 Å². The highest BCUT2D eigenvalue weighted by atomic mass is 19.4. The summed E-state index contributed by atoms with van der Waals surface area (Å²) in [7, 11) is 1.55. The summed E-state index contributed by atoms with van der Waals surface area (Å²) in [5, 5.41) is 5.96. The smallest absolute Gasteiger partial charge is 0.386 e. The lowest BCUT2D eigenvalue weighted by Crippen LogP contribution is -2.36. The van der Waals surface area contributed by atoms with Gasteiger partial charge in [0.25, 0.3) is 0 Å². The molecule has 1 aliphatic heterocycles. The van der Waals surface area contributed by atoms with Crippen molar-refractivity contribution in [1.82, 2.24) is 5.32 Å². The Hall–Kier alpha value is -1.76. The van der Waals surface area contributed by atoms with E-state index in [2.05, 4.69) is 10.6 Å². The molecule has 0 spiro atoms. The Bertz CT molecular complexity index is 511. The first-order valence-corrected chi connectivity index (χ1v) is 7.31. The summed E-state index contributed by atoms with van der Waals surface area (Å²) in [6.45, 7) is 1.51. The fourth-order valence-electron chi connectivity index (χ4n) is 2.85. The molecule has 1 fully saturated rings. The van der Waals surface area contributed by atoms with Crippen LogP contribution in [0.3, 0.4) is 0 Å². The number of halogens is 3. The molecule has 0 bridgehead atoms. The van der Waals surface area contributed by atoms with Gasteiger partial charge >= 0.3 is 6.18 Å². The summed E-state index contributed by atoms with van der Waals surface area (Å²) in [4.78, 5) is 12.8. The second kappa shape index (κ2) is 7.00. The molecule has 0 saturated carbocycles. The number of carbonyl (C=O) groups is 1. The predicted molar refractivity (Wildman–Crippen MR) is 80.0 cm³/mol. The van der Waals surface area contributed by atoms with Gasteiger partial charge in [0.15, 0.2) is 0 Å². The maximum Gasteiger partial charge on any atom is 0.418 e. The molecule has 1 amide bonds. The fourth-order valence-corrected chi connectivity index (χ4v) is 2.85. The second-order valence-electron chi connectivity index (χ2n) is 5.30. The van der Waals surface area contributed by atoms with Crippen LogP contribution in [0.15, 0.2) is 18.2 Å². The summed E-state index contributed by atoms with van der Waals surface area (Å²) in [6, 6.07) is 3.68. The molecular weight excluding hydrogens is 295 g/mol. The Morgan fingerprint density at radius 2 is 2.09 bits per heavy atom. The molecule has 0 radical (unpaired) electrons. The monoisotopic (exact) mass is 315 g/mol. The van der Waals surface area contributed by atoms with E-state index in [1.807, 2.05) is 0 Å². The largest absolute Gasteiger partial charge is 0.418 e. The van der Waals surface area contributed by atoms with Crippen LogP contribution in [0.25, 0.3) is 0 Å². The molecule has 122 valence electrons. The Labute approximate surface area is 127 Å². The highest BCUT2D eigenvalue weighted by molar-refractivity contribution is 5.86. The zero-order valence-corrected chi connectivity index (χ0v) is 12.4. The van der Waals surface area contributed by atoms with Gasteiger partial charge in [-0.3, -0.25) is 4.79 Å². The zero-order chi connectivity index (χ0) is 16.2. The molecule has 4 nitrogen and oxygen atoms in total. The average molecular weight is 315 g/mol. The standard InChI is InChI=1S/C15H20F3N3O/c1-19-13-6-2-5-12(15(16,17)18)14(13)21(10-22)11-4-3-8-20-9-7-11/h2,5-6,10-11,19-20H,3-4,7-9H2,1H3. The van der Waals surface area contributed by atoms with Crippen molar-refractivity contribution < 1.29 is 18.0 Å². The molecule has 22 heavy (non-hydrogen) atoms. The quantitative estimate of drug-likeness (QED) is 0.840. The van der Waals surface area contributed by atoms with Crippen molar-refractivity contribution >= 4 is 17.8 Å². The summed E-state index contributed by atoms with van der Waals surface area (Å²) in [5.74, 6) is 0. The number of benzene rings is 1. The molecule has 1 unspecified atom stereocenters. The lowest BCUT2D eigenvalue weighted by atomic mass is 10.0. The van der Waals surface area contributed by atoms with Crippen molar-refractivity contribution in [1.29, 1.82) is 0 Å². The number of hydrogen-bond donors (Lipinski definition) is 2. The Kier molecular flexibility index (Phi) is 5.28. The third-order valence-electron chi connectivity index (χ3n) is 3.92. The number of hydrogen-bond acceptors (Lipinski definition) is 3. The van der Waals surface area contributed by atoms with Gasteiger partial charge < -0.3 is 15.5 Å². The Balaban J connectivity index is 2.48. The number of carbonyl (C=O) groups excluding carboxylic acids is 1. The van der Waals surface area contributed by atoms with E-state index in [1.165, 1.54) is 11.0 Å². The van der Waals surface area contributed by atoms with Crippen LogP contribution in [0.2, 0.25) is 0 Å². The van der Waals surface area contributed by atoms with Crippen molar-refractivity contribution in [2.24, 2.45) is 0 Å². The topological polar surface area (TPSA) is 44.4 Å². The van der Waals surface area contributed by atoms with Gasteiger partial charge in [0.05, 0.1) is 16.9 Å². The normalized spacial score (nSPS) is 19.4. The van der Waals surface area contributed by atoms with Crippen LogP contribution in [0, 0.1) is 0 Å². The number of amides is 1. The SMILES string of the molecule is CNc1cccc(C(F)(F)F)c1N(C=O)C1CCCNCC1. The average Bonchev–Trinajstić information content (AvgIpc) is 2.76. The van der Waals surface area contributed by atoms with Gasteiger partial charge in [0.1, 0.15) is 0 Å². The molecule has 1 saturated heterocycles. The van der Waals surface area contributed by atoms with Gasteiger partial charge in [0, 0.05) is 13.1 Å². The van der Waals surface area contributed by atoms with E-state index >= 15 is 0 Å². The number of rotatable bonds is 4. The highest BCUT2D eigenvalue weighted by Gasteiger charge is 2.37. The van der Waals surface area contributed by atoms with Crippen molar-refractivity contribution in [3.8, 4) is 0 Å². The maximum atomic E-state index is 13.3. The number of nitrogens with one attached hydrogen (secondary N) is 2. The van der Waals surface area contributed by atoms with Crippen LogP contribution in [-0.4, -0.2) is 32.6 Å². The van der Waals surface area contributed by atoms with Gasteiger partial charge in [0.2, 0.25) is 6.41 Å². The maximum absolute atomic E-state index is 13.3. The van der Waals surface area contributed by atoms with Crippen LogP contribution in [0.5, 0.6) is 0 Å². The molecule has 0 aromatic heterocycles. The molecule has 1 aromatic carbocycles. The van der Waals surface area contributed by atoms with E-state index < -0.39 is 11.7 Å². The summed E-state index contributed by atoms with van der Waals surface area (Å²) < 4.78 is 40.0. The van der Waals surface area contributed by atoms with Gasteiger partial charge in [-0.15, -0.1) is 0 Å². The van der Waals surface area contributed by atoms with Crippen LogP contribution in [0.1, 0.15) is 24.8 Å². The lowest BCUT2D eigenvalue weighted by Gasteiger charge is -2.31. The highest BCUT2D eigenvalue weighted by Crippen LogP contribution is 2.41. The summed E-state index contributed by atoms with van der Waals surface area (Å²) in [5.41, 5.74) is -0.567. The molecule has 1 heterocycles. The van der Waals surface area contributed by atoms with Gasteiger partial charge in [-0.2, -0.15) is 13.2 Å². The van der Waals surface area contributed by atoms with Gasteiger partial charge in [-0.1, -0.05) is 6.07 Å². The van der Waals surface area contributed by atoms with E-state index in [-0.39, 0.29) is 11.7 Å². The minimum absolute atomic E-state index is 0.0839. The third kappa shape index (κ3) is 3.52. The van der Waals surface area contributed by atoms with Crippen molar-refractivity contribution in [2.75, 3.05) is 30.4 Å². The van der Waals surface area contributed by atoms with Crippen molar-refractivity contribution in [3.63, 3.8) is 0 Å². The molecule has 0 aliphatic carbocycles. The predicted octanol–water partition coefficient (Wildman–Crippen LogP) is 2.85. The summed E-state index contributed by atoms with van der Waals surface area (Å²) >= 11 is 0. The Morgan fingerprint density at radius 1 is 1.32 bits per heavy atom. The number of nitrogens with zero attached hydrogens (tertiary/aromatic N) is 1. The van der Waals surface area contributed by atoms with Gasteiger partial charge in [-0.05, 0) is 44.5 Å². The zero-order valence-electron chi connectivity index (χ0n) is 12.4. The number of alkyl halides is 3. The second-order valence-corrected chi connectivity index (χ2v) is 5.30. The summed E-state index contributed by atoms with van der Waals surface area (Å²) in [6.07, 6.45) is -1.85. The molecule has 1 aromatic rings. The van der Waals surface area contributed by atoms with Crippen LogP contribution < -0.4 is 15.5 Å². The first-order valence-electron chi connectivity index (χ1n) is 7.31. The molecule has 1 atom stereocenters. The third-order valence-corrected chi connectivity index (χ3v) is 3.92. The first-order chi connectivity index (χ1) is 10.5. The van der Waals surface area contributed by atoms with Crippen LogP contribution in [0.4, 0.5) is 24.5 Å².